The van der Waals surface area contributed by atoms with Gasteiger partial charge in [-0.25, -0.2) is 4.79 Å². The van der Waals surface area contributed by atoms with Crippen LogP contribution in [0, 0.1) is 22.7 Å². The average molecular weight is 316 g/mol. The van der Waals surface area contributed by atoms with Gasteiger partial charge in [-0.2, -0.15) is 0 Å². The molecule has 2 aliphatic carbocycles. The molecule has 1 heterocycles. The highest BCUT2D eigenvalue weighted by Crippen LogP contribution is 2.61. The molecule has 3 nitrogen and oxygen atoms in total. The van der Waals surface area contributed by atoms with Gasteiger partial charge in [-0.15, -0.1) is 0 Å². The molecule has 2 saturated carbocycles. The zero-order chi connectivity index (χ0) is 16.8. The molecule has 1 aliphatic heterocycles. The summed E-state index contributed by atoms with van der Waals surface area (Å²) in [4.78, 5) is 23.6. The van der Waals surface area contributed by atoms with Crippen molar-refractivity contribution in [3.63, 3.8) is 0 Å². The lowest BCUT2D eigenvalue weighted by atomic mass is 9.47. The number of cyclic esters (lactones) is 1. The summed E-state index contributed by atoms with van der Waals surface area (Å²) in [6.07, 6.45) is 7.07. The minimum absolute atomic E-state index is 0.0121. The molecule has 0 radical (unpaired) electrons. The summed E-state index contributed by atoms with van der Waals surface area (Å²) in [6.45, 7) is 11.6. The first-order valence-electron chi connectivity index (χ1n) is 8.78. The number of hydrogen-bond donors (Lipinski definition) is 0. The van der Waals surface area contributed by atoms with E-state index in [1.54, 1.807) is 6.08 Å². The first-order chi connectivity index (χ1) is 10.7. The van der Waals surface area contributed by atoms with Crippen LogP contribution >= 0.6 is 0 Å². The number of carbonyl (C=O) groups excluding carboxylic acids is 2. The van der Waals surface area contributed by atoms with E-state index >= 15 is 0 Å². The second kappa shape index (κ2) is 5.61. The molecule has 0 N–H and O–H groups in total. The second-order valence-electron chi connectivity index (χ2n) is 8.64. The van der Waals surface area contributed by atoms with Gasteiger partial charge in [0.25, 0.3) is 0 Å². The number of carbonyl (C=O) groups is 2. The Balaban J connectivity index is 1.82. The monoisotopic (exact) mass is 316 g/mol. The molecule has 0 saturated heterocycles. The first kappa shape index (κ1) is 16.5. The van der Waals surface area contributed by atoms with E-state index in [1.807, 2.05) is 0 Å². The van der Waals surface area contributed by atoms with Crippen LogP contribution in [0.25, 0.3) is 0 Å². The lowest BCUT2D eigenvalue weighted by Gasteiger charge is -2.57. The molecule has 0 aromatic carbocycles. The van der Waals surface area contributed by atoms with Gasteiger partial charge in [-0.1, -0.05) is 32.9 Å². The summed E-state index contributed by atoms with van der Waals surface area (Å²) >= 11 is 0. The molecular weight excluding hydrogens is 288 g/mol. The van der Waals surface area contributed by atoms with Gasteiger partial charge in [0.15, 0.2) is 0 Å². The maximum Gasteiger partial charge on any atom is 0.331 e. The average Bonchev–Trinajstić information content (AvgIpc) is 2.81. The van der Waals surface area contributed by atoms with Gasteiger partial charge in [0.1, 0.15) is 12.4 Å². The molecule has 0 amide bonds. The Kier molecular flexibility index (Phi) is 4.02. The van der Waals surface area contributed by atoms with Gasteiger partial charge < -0.3 is 4.74 Å². The van der Waals surface area contributed by atoms with Crippen LogP contribution in [0.15, 0.2) is 23.8 Å². The summed E-state index contributed by atoms with van der Waals surface area (Å²) in [5, 5.41) is 0. The van der Waals surface area contributed by atoms with E-state index < -0.39 is 0 Å². The molecule has 0 bridgehead atoms. The van der Waals surface area contributed by atoms with Gasteiger partial charge in [0, 0.05) is 18.9 Å². The van der Waals surface area contributed by atoms with E-state index in [1.165, 1.54) is 5.57 Å². The van der Waals surface area contributed by atoms with Crippen LogP contribution in [0.2, 0.25) is 0 Å². The predicted octanol–water partition coefficient (Wildman–Crippen LogP) is 4.23. The van der Waals surface area contributed by atoms with E-state index in [9.17, 15) is 9.59 Å². The van der Waals surface area contributed by atoms with Crippen LogP contribution in [0.4, 0.5) is 0 Å². The third-order valence-electron chi connectivity index (χ3n) is 6.49. The van der Waals surface area contributed by atoms with Gasteiger partial charge in [-0.3, -0.25) is 4.79 Å². The van der Waals surface area contributed by atoms with Crippen LogP contribution in [0.1, 0.15) is 59.3 Å². The molecule has 23 heavy (non-hydrogen) atoms. The molecule has 126 valence electrons. The van der Waals surface area contributed by atoms with E-state index in [0.717, 1.165) is 31.3 Å². The van der Waals surface area contributed by atoms with Crippen LogP contribution < -0.4 is 0 Å². The Hall–Kier alpha value is -1.38. The molecular formula is C20H28O3. The highest BCUT2D eigenvalue weighted by Gasteiger charge is 2.54. The number of esters is 1. The number of Topliss-reactive ketones (excluding diaryl/α,β-unsaturated/α-hetero) is 1. The number of fused-ring (bicyclic) bond motifs is 1. The fourth-order valence-electron chi connectivity index (χ4n) is 5.61. The van der Waals surface area contributed by atoms with Gasteiger partial charge in [-0.05, 0) is 53.9 Å². The van der Waals surface area contributed by atoms with Crippen molar-refractivity contribution in [2.75, 3.05) is 6.61 Å². The maximum absolute atomic E-state index is 12.4. The van der Waals surface area contributed by atoms with Gasteiger partial charge in [0.05, 0.1) is 0 Å². The predicted molar refractivity (Wildman–Crippen MR) is 89.8 cm³/mol. The summed E-state index contributed by atoms with van der Waals surface area (Å²) in [6, 6.07) is 0. The first-order valence-corrected chi connectivity index (χ1v) is 8.78. The summed E-state index contributed by atoms with van der Waals surface area (Å²) in [5.41, 5.74) is 2.46. The van der Waals surface area contributed by atoms with Crippen molar-refractivity contribution < 1.29 is 14.3 Å². The quantitative estimate of drug-likeness (QED) is 0.578. The Labute approximate surface area is 139 Å². The molecule has 0 aromatic heterocycles. The standard InChI is InChI=1S/C20H28O3/c1-13-5-8-17-19(2,3)10-15(21)11-20(17,4)16(13)7-6-14-9-18(22)23-12-14/h9,16-17H,1,5-8,10-12H2,2-4H3. The number of hydrogen-bond acceptors (Lipinski definition) is 3. The van der Waals surface area contributed by atoms with Gasteiger partial charge >= 0.3 is 5.97 Å². The summed E-state index contributed by atoms with van der Waals surface area (Å²) in [5.74, 6) is 1.10. The van der Waals surface area contributed by atoms with Crippen molar-refractivity contribution in [3.8, 4) is 0 Å². The third-order valence-corrected chi connectivity index (χ3v) is 6.49. The fraction of sp³-hybridized carbons (Fsp3) is 0.700. The van der Waals surface area contributed by atoms with Crippen LogP contribution in [-0.4, -0.2) is 18.4 Å². The molecule has 3 aliphatic rings. The van der Waals surface area contributed by atoms with E-state index in [4.69, 9.17) is 4.74 Å². The maximum atomic E-state index is 12.4. The Bertz CT molecular complexity index is 584. The van der Waals surface area contributed by atoms with Crippen LogP contribution in [0.3, 0.4) is 0 Å². The van der Waals surface area contributed by atoms with E-state index in [2.05, 4.69) is 27.4 Å². The van der Waals surface area contributed by atoms with Crippen molar-refractivity contribution in [2.24, 2.45) is 22.7 Å². The molecule has 2 fully saturated rings. The number of rotatable bonds is 3. The Morgan fingerprint density at radius 2 is 2.00 bits per heavy atom. The number of ether oxygens (including phenoxy) is 1. The highest BCUT2D eigenvalue weighted by atomic mass is 16.5. The third kappa shape index (κ3) is 2.90. The second-order valence-corrected chi connectivity index (χ2v) is 8.64. The van der Waals surface area contributed by atoms with Crippen molar-refractivity contribution in [1.29, 1.82) is 0 Å². The molecule has 0 spiro atoms. The zero-order valence-electron chi connectivity index (χ0n) is 14.6. The highest BCUT2D eigenvalue weighted by molar-refractivity contribution is 5.85. The summed E-state index contributed by atoms with van der Waals surface area (Å²) in [7, 11) is 0. The number of ketones is 1. The van der Waals surface area contributed by atoms with Crippen LogP contribution in [0.5, 0.6) is 0 Å². The minimum atomic E-state index is -0.222. The van der Waals surface area contributed by atoms with E-state index in [0.29, 0.717) is 37.1 Å². The Morgan fingerprint density at radius 1 is 1.26 bits per heavy atom. The molecule has 3 unspecified atom stereocenters. The topological polar surface area (TPSA) is 43.4 Å². The lowest BCUT2D eigenvalue weighted by molar-refractivity contribution is -0.138. The van der Waals surface area contributed by atoms with Crippen molar-refractivity contribution in [1.82, 2.24) is 0 Å². The SMILES string of the molecule is C=C1CCC2C(C)(C)CC(=O)CC2(C)C1CCC1=CC(=O)OC1. The molecule has 3 rings (SSSR count). The normalized spacial score (nSPS) is 36.5. The number of allylic oxidation sites excluding steroid dienone is 1. The molecule has 3 heteroatoms. The molecule has 3 atom stereocenters. The largest absolute Gasteiger partial charge is 0.458 e. The molecule has 0 aromatic rings. The Morgan fingerprint density at radius 3 is 2.65 bits per heavy atom. The van der Waals surface area contributed by atoms with E-state index in [-0.39, 0.29) is 16.8 Å². The van der Waals surface area contributed by atoms with Crippen LogP contribution in [-0.2, 0) is 14.3 Å². The zero-order valence-corrected chi connectivity index (χ0v) is 14.6. The van der Waals surface area contributed by atoms with Crippen molar-refractivity contribution in [2.45, 2.75) is 59.3 Å². The van der Waals surface area contributed by atoms with Crippen molar-refractivity contribution >= 4 is 11.8 Å². The fourth-order valence-corrected chi connectivity index (χ4v) is 5.61. The van der Waals surface area contributed by atoms with Crippen molar-refractivity contribution in [3.05, 3.63) is 23.8 Å². The summed E-state index contributed by atoms with van der Waals surface area (Å²) < 4.78 is 5.01. The van der Waals surface area contributed by atoms with Gasteiger partial charge in [0.2, 0.25) is 0 Å². The smallest absolute Gasteiger partial charge is 0.331 e. The minimum Gasteiger partial charge on any atom is -0.458 e. The lowest BCUT2D eigenvalue weighted by Crippen LogP contribution is -2.52.